The summed E-state index contributed by atoms with van der Waals surface area (Å²) in [6.07, 6.45) is 0. The molecule has 3 aromatic rings. The SMILES string of the molecule is O=c1[nH]c(=O)n(-c2ccccc2[N+](=O)[O-])c(=O)n1-c1ccccc1[N+](=O)[O-]. The minimum atomic E-state index is -1.28. The summed E-state index contributed by atoms with van der Waals surface area (Å²) in [5.74, 6) is 0. The van der Waals surface area contributed by atoms with E-state index in [4.69, 9.17) is 0 Å². The van der Waals surface area contributed by atoms with Crippen molar-refractivity contribution in [3.8, 4) is 11.4 Å². The van der Waals surface area contributed by atoms with Crippen molar-refractivity contribution in [2.45, 2.75) is 0 Å². The summed E-state index contributed by atoms with van der Waals surface area (Å²) in [6.45, 7) is 0. The highest BCUT2D eigenvalue weighted by molar-refractivity contribution is 5.54. The molecule has 1 heterocycles. The highest BCUT2D eigenvalue weighted by Gasteiger charge is 2.23. The van der Waals surface area contributed by atoms with E-state index in [0.29, 0.717) is 9.13 Å². The lowest BCUT2D eigenvalue weighted by atomic mass is 10.2. The Balaban J connectivity index is 2.44. The highest BCUT2D eigenvalue weighted by atomic mass is 16.6. The number of hydrogen-bond acceptors (Lipinski definition) is 7. The quantitative estimate of drug-likeness (QED) is 0.515. The van der Waals surface area contributed by atoms with E-state index in [-0.39, 0.29) is 11.4 Å². The summed E-state index contributed by atoms with van der Waals surface area (Å²) in [5.41, 5.74) is -5.60. The molecule has 0 radical (unpaired) electrons. The van der Waals surface area contributed by atoms with Gasteiger partial charge in [0.2, 0.25) is 0 Å². The van der Waals surface area contributed by atoms with Gasteiger partial charge in [0.05, 0.1) is 9.85 Å². The summed E-state index contributed by atoms with van der Waals surface area (Å²) in [5, 5.41) is 22.4. The number of aromatic nitrogens is 3. The molecule has 0 aliphatic carbocycles. The fraction of sp³-hybridized carbons (Fsp3) is 0. The molecule has 136 valence electrons. The molecule has 0 spiro atoms. The Hall–Kier alpha value is -4.35. The largest absolute Gasteiger partial charge is 0.346 e. The van der Waals surface area contributed by atoms with Gasteiger partial charge in [-0.2, -0.15) is 0 Å². The normalized spacial score (nSPS) is 10.5. The second-order valence-corrected chi connectivity index (χ2v) is 5.18. The minimum Gasteiger partial charge on any atom is -0.258 e. The van der Waals surface area contributed by atoms with Gasteiger partial charge >= 0.3 is 17.1 Å². The Bertz CT molecular complexity index is 1160. The van der Waals surface area contributed by atoms with Crippen LogP contribution in [-0.4, -0.2) is 24.0 Å². The molecule has 12 nitrogen and oxygen atoms in total. The van der Waals surface area contributed by atoms with Gasteiger partial charge in [-0.05, 0) is 12.1 Å². The molecule has 1 N–H and O–H groups in total. The average Bonchev–Trinajstić information content (AvgIpc) is 2.62. The Morgan fingerprint density at radius 2 is 1.07 bits per heavy atom. The number of nitrogens with one attached hydrogen (secondary N) is 1. The van der Waals surface area contributed by atoms with Crippen LogP contribution < -0.4 is 17.1 Å². The van der Waals surface area contributed by atoms with Gasteiger partial charge in [0.15, 0.2) is 0 Å². The van der Waals surface area contributed by atoms with Crippen LogP contribution in [0.15, 0.2) is 62.9 Å². The van der Waals surface area contributed by atoms with Crippen LogP contribution in [0.5, 0.6) is 0 Å². The van der Waals surface area contributed by atoms with Crippen molar-refractivity contribution >= 4 is 11.4 Å². The van der Waals surface area contributed by atoms with Crippen molar-refractivity contribution in [2.75, 3.05) is 0 Å². The predicted molar refractivity (Wildman–Crippen MR) is 91.6 cm³/mol. The Kier molecular flexibility index (Phi) is 4.21. The molecular formula is C15H9N5O7. The number of para-hydroxylation sites is 4. The smallest absolute Gasteiger partial charge is 0.258 e. The number of H-pyrrole nitrogens is 1. The second kappa shape index (κ2) is 6.51. The number of rotatable bonds is 4. The molecule has 0 aliphatic rings. The maximum Gasteiger partial charge on any atom is 0.346 e. The third-order valence-electron chi connectivity index (χ3n) is 3.64. The number of nitro groups is 2. The van der Waals surface area contributed by atoms with Crippen molar-refractivity contribution in [3.05, 3.63) is 100 Å². The number of nitrogens with zero attached hydrogens (tertiary/aromatic N) is 4. The standard InChI is InChI=1S/C15H9N5O7/c21-13-16-14(22)18(10-6-2-4-8-12(10)20(26)27)15(23)17(13)9-5-1-3-7-11(9)19(24)25/h1-8H,(H,16,21,22). The van der Waals surface area contributed by atoms with Gasteiger partial charge < -0.3 is 0 Å². The summed E-state index contributed by atoms with van der Waals surface area (Å²) in [7, 11) is 0. The van der Waals surface area contributed by atoms with Gasteiger partial charge in [0, 0.05) is 12.1 Å². The maximum atomic E-state index is 12.8. The summed E-state index contributed by atoms with van der Waals surface area (Å²) < 4.78 is 0.743. The van der Waals surface area contributed by atoms with Crippen LogP contribution in [-0.2, 0) is 0 Å². The topological polar surface area (TPSA) is 163 Å². The van der Waals surface area contributed by atoms with Crippen molar-refractivity contribution < 1.29 is 9.85 Å². The van der Waals surface area contributed by atoms with Gasteiger partial charge in [0.1, 0.15) is 11.4 Å². The van der Waals surface area contributed by atoms with Gasteiger partial charge in [-0.15, -0.1) is 0 Å². The molecule has 2 aromatic carbocycles. The van der Waals surface area contributed by atoms with Crippen LogP contribution in [0.2, 0.25) is 0 Å². The molecule has 3 rings (SSSR count). The van der Waals surface area contributed by atoms with Crippen molar-refractivity contribution in [3.63, 3.8) is 0 Å². The fourth-order valence-electron chi connectivity index (χ4n) is 2.52. The first kappa shape index (κ1) is 17.5. The van der Waals surface area contributed by atoms with E-state index in [1.54, 1.807) is 0 Å². The van der Waals surface area contributed by atoms with Crippen molar-refractivity contribution in [2.24, 2.45) is 0 Å². The zero-order chi connectivity index (χ0) is 19.7. The molecule has 0 saturated heterocycles. The van der Waals surface area contributed by atoms with E-state index in [9.17, 15) is 34.6 Å². The van der Waals surface area contributed by atoms with E-state index in [0.717, 1.165) is 24.3 Å². The number of hydrogen-bond donors (Lipinski definition) is 1. The van der Waals surface area contributed by atoms with E-state index < -0.39 is 38.3 Å². The molecule has 0 amide bonds. The lowest BCUT2D eigenvalue weighted by molar-refractivity contribution is -0.384. The highest BCUT2D eigenvalue weighted by Crippen LogP contribution is 2.21. The Morgan fingerprint density at radius 1 is 0.704 bits per heavy atom. The summed E-state index contributed by atoms with van der Waals surface area (Å²) in [4.78, 5) is 59.8. The van der Waals surface area contributed by atoms with Crippen molar-refractivity contribution in [1.82, 2.24) is 14.1 Å². The van der Waals surface area contributed by atoms with E-state index in [1.807, 2.05) is 4.98 Å². The molecule has 0 saturated carbocycles. The van der Waals surface area contributed by atoms with Gasteiger partial charge in [-0.25, -0.2) is 23.5 Å². The predicted octanol–water partition coefficient (Wildman–Crippen LogP) is 0.493. The van der Waals surface area contributed by atoms with E-state index in [1.165, 1.54) is 24.3 Å². The lowest BCUT2D eigenvalue weighted by Crippen LogP contribution is -2.48. The zero-order valence-electron chi connectivity index (χ0n) is 13.3. The molecule has 0 fully saturated rings. The molecule has 0 bridgehead atoms. The van der Waals surface area contributed by atoms with Crippen LogP contribution >= 0.6 is 0 Å². The van der Waals surface area contributed by atoms with Crippen LogP contribution in [0.3, 0.4) is 0 Å². The number of nitro benzene ring substituents is 2. The number of aromatic amines is 1. The van der Waals surface area contributed by atoms with Crippen molar-refractivity contribution in [1.29, 1.82) is 0 Å². The Labute approximate surface area is 147 Å². The summed E-state index contributed by atoms with van der Waals surface area (Å²) in [6, 6.07) is 9.80. The average molecular weight is 371 g/mol. The monoisotopic (exact) mass is 371 g/mol. The molecule has 1 aromatic heterocycles. The fourth-order valence-corrected chi connectivity index (χ4v) is 2.52. The zero-order valence-corrected chi connectivity index (χ0v) is 13.3. The first-order valence-electron chi connectivity index (χ1n) is 7.29. The Morgan fingerprint density at radius 3 is 1.44 bits per heavy atom. The third kappa shape index (κ3) is 2.90. The first-order valence-corrected chi connectivity index (χ1v) is 7.29. The van der Waals surface area contributed by atoms with Gasteiger partial charge in [-0.1, -0.05) is 24.3 Å². The van der Waals surface area contributed by atoms with Crippen LogP contribution in [0.25, 0.3) is 11.4 Å². The molecule has 0 unspecified atom stereocenters. The van der Waals surface area contributed by atoms with E-state index in [2.05, 4.69) is 0 Å². The van der Waals surface area contributed by atoms with Gasteiger partial charge in [-0.3, -0.25) is 25.2 Å². The van der Waals surface area contributed by atoms with Gasteiger partial charge in [0.25, 0.3) is 11.4 Å². The molecule has 0 atom stereocenters. The third-order valence-corrected chi connectivity index (χ3v) is 3.64. The van der Waals surface area contributed by atoms with Crippen LogP contribution in [0.4, 0.5) is 11.4 Å². The molecule has 27 heavy (non-hydrogen) atoms. The molecular weight excluding hydrogens is 362 g/mol. The molecule has 0 aliphatic heterocycles. The summed E-state index contributed by atoms with van der Waals surface area (Å²) >= 11 is 0. The lowest BCUT2D eigenvalue weighted by Gasteiger charge is -2.09. The minimum absolute atomic E-state index is 0.371. The number of benzene rings is 2. The van der Waals surface area contributed by atoms with E-state index >= 15 is 0 Å². The first-order chi connectivity index (χ1) is 12.8. The maximum absolute atomic E-state index is 12.8. The van der Waals surface area contributed by atoms with Crippen LogP contribution in [0, 0.1) is 20.2 Å². The van der Waals surface area contributed by atoms with Crippen LogP contribution in [0.1, 0.15) is 0 Å². The molecule has 12 heteroatoms. The second-order valence-electron chi connectivity index (χ2n) is 5.18.